The molecule has 9 heavy (non-hydrogen) atoms. The molecule has 0 radical (unpaired) electrons. The average Bonchev–Trinajstić information content (AvgIpc) is 1.83. The van der Waals surface area contributed by atoms with Crippen LogP contribution in [0.15, 0.2) is 37.0 Å². The van der Waals surface area contributed by atoms with Crippen molar-refractivity contribution in [3.05, 3.63) is 37.0 Å². The molecule has 0 aliphatic heterocycles. The summed E-state index contributed by atoms with van der Waals surface area (Å²) in [7, 11) is 0. The Labute approximate surface area is 55.9 Å². The van der Waals surface area contributed by atoms with Crippen molar-refractivity contribution in [2.24, 2.45) is 0 Å². The zero-order valence-electron chi connectivity index (χ0n) is 5.65. The largest absolute Gasteiger partial charge is 0.306 e. The monoisotopic (exact) mass is 121 g/mol. The normalized spacial score (nSPS) is 9.44. The summed E-state index contributed by atoms with van der Waals surface area (Å²) in [4.78, 5) is 0. The summed E-state index contributed by atoms with van der Waals surface area (Å²) in [6.45, 7) is 8.88. The number of rotatable bonds is 3. The number of hydrogen-bond acceptors (Lipinski definition) is 1. The molecule has 0 aliphatic carbocycles. The van der Waals surface area contributed by atoms with E-state index in [1.807, 2.05) is 0 Å². The van der Waals surface area contributed by atoms with Gasteiger partial charge in [-0.3, -0.25) is 0 Å². The third-order valence-corrected chi connectivity index (χ3v) is 0.810. The molecule has 0 aliphatic rings. The molecule has 0 spiro atoms. The van der Waals surface area contributed by atoms with Crippen molar-refractivity contribution in [1.29, 1.82) is 5.41 Å². The van der Waals surface area contributed by atoms with Gasteiger partial charge in [0.05, 0.1) is 0 Å². The van der Waals surface area contributed by atoms with Crippen molar-refractivity contribution in [2.45, 2.75) is 6.92 Å². The number of allylic oxidation sites excluding steroid dienone is 4. The molecule has 0 aromatic carbocycles. The van der Waals surface area contributed by atoms with E-state index in [1.165, 1.54) is 0 Å². The maximum absolute atomic E-state index is 7.00. The van der Waals surface area contributed by atoms with Crippen LogP contribution in [0.4, 0.5) is 0 Å². The van der Waals surface area contributed by atoms with Crippen LogP contribution in [0.2, 0.25) is 0 Å². The topological polar surface area (TPSA) is 23.9 Å². The molecule has 0 bridgehead atoms. The average molecular weight is 121 g/mol. The fourth-order valence-corrected chi connectivity index (χ4v) is 0.300. The van der Waals surface area contributed by atoms with Gasteiger partial charge in [0.1, 0.15) is 0 Å². The Balaban J connectivity index is 3.85. The summed E-state index contributed by atoms with van der Waals surface area (Å²) in [5.74, 6) is 0. The van der Waals surface area contributed by atoms with Crippen molar-refractivity contribution < 1.29 is 0 Å². The molecule has 0 heterocycles. The Bertz CT molecular complexity index is 163. The van der Waals surface area contributed by atoms with Gasteiger partial charge in [0.15, 0.2) is 0 Å². The fourth-order valence-electron chi connectivity index (χ4n) is 0.300. The lowest BCUT2D eigenvalue weighted by molar-refractivity contribution is 1.49. The first-order valence-corrected chi connectivity index (χ1v) is 2.71. The Morgan fingerprint density at radius 1 is 1.44 bits per heavy atom. The van der Waals surface area contributed by atoms with Gasteiger partial charge in [0.25, 0.3) is 0 Å². The molecule has 1 N–H and O–H groups in total. The Morgan fingerprint density at radius 2 is 2.00 bits per heavy atom. The minimum atomic E-state index is 0.526. The second-order valence-corrected chi connectivity index (χ2v) is 1.80. The summed E-state index contributed by atoms with van der Waals surface area (Å²) >= 11 is 0. The Hall–Kier alpha value is -1.11. The van der Waals surface area contributed by atoms with E-state index in [0.29, 0.717) is 5.71 Å². The second-order valence-electron chi connectivity index (χ2n) is 1.80. The van der Waals surface area contributed by atoms with Gasteiger partial charge in [-0.25, -0.2) is 0 Å². The van der Waals surface area contributed by atoms with Crippen molar-refractivity contribution in [1.82, 2.24) is 0 Å². The van der Waals surface area contributed by atoms with Gasteiger partial charge in [-0.2, -0.15) is 0 Å². The third-order valence-electron chi connectivity index (χ3n) is 0.810. The molecule has 48 valence electrons. The van der Waals surface area contributed by atoms with Crippen LogP contribution in [0.5, 0.6) is 0 Å². The predicted molar refractivity (Wildman–Crippen MR) is 41.9 cm³/mol. The van der Waals surface area contributed by atoms with Gasteiger partial charge in [0, 0.05) is 5.71 Å². The van der Waals surface area contributed by atoms with Crippen LogP contribution in [0.1, 0.15) is 6.92 Å². The maximum Gasteiger partial charge on any atom is 0.0283 e. The van der Waals surface area contributed by atoms with Crippen molar-refractivity contribution in [3.63, 3.8) is 0 Å². The van der Waals surface area contributed by atoms with Crippen LogP contribution in [-0.2, 0) is 0 Å². The fraction of sp³-hybridized carbons (Fsp3) is 0.125. The van der Waals surface area contributed by atoms with E-state index >= 15 is 0 Å². The highest BCUT2D eigenvalue weighted by molar-refractivity contribution is 5.90. The van der Waals surface area contributed by atoms with Crippen LogP contribution in [0.3, 0.4) is 0 Å². The molecule has 0 rings (SSSR count). The molecule has 0 unspecified atom stereocenters. The predicted octanol–water partition coefficient (Wildman–Crippen LogP) is 2.32. The SMILES string of the molecule is C=CC(=C)/C=C\C(C)=N. The number of hydrogen-bond donors (Lipinski definition) is 1. The third kappa shape index (κ3) is 4.75. The summed E-state index contributed by atoms with van der Waals surface area (Å²) in [6, 6.07) is 0. The van der Waals surface area contributed by atoms with Crippen molar-refractivity contribution in [3.8, 4) is 0 Å². The molecule has 1 heteroatoms. The Morgan fingerprint density at radius 3 is 2.33 bits per heavy atom. The molecular weight excluding hydrogens is 110 g/mol. The molecule has 0 saturated carbocycles. The molecule has 0 amide bonds. The van der Waals surface area contributed by atoms with E-state index < -0.39 is 0 Å². The molecule has 0 atom stereocenters. The summed E-state index contributed by atoms with van der Waals surface area (Å²) in [6.07, 6.45) is 5.10. The highest BCUT2D eigenvalue weighted by Gasteiger charge is 1.77. The lowest BCUT2D eigenvalue weighted by Crippen LogP contribution is -1.77. The van der Waals surface area contributed by atoms with E-state index in [9.17, 15) is 0 Å². The van der Waals surface area contributed by atoms with E-state index in [4.69, 9.17) is 5.41 Å². The lowest BCUT2D eigenvalue weighted by atomic mass is 10.2. The van der Waals surface area contributed by atoms with Crippen LogP contribution in [0.25, 0.3) is 0 Å². The van der Waals surface area contributed by atoms with Crippen LogP contribution in [0, 0.1) is 5.41 Å². The minimum Gasteiger partial charge on any atom is -0.306 e. The van der Waals surface area contributed by atoms with E-state index in [1.54, 1.807) is 25.2 Å². The van der Waals surface area contributed by atoms with Crippen LogP contribution < -0.4 is 0 Å². The van der Waals surface area contributed by atoms with Crippen LogP contribution >= 0.6 is 0 Å². The highest BCUT2D eigenvalue weighted by atomic mass is 14.4. The summed E-state index contributed by atoms with van der Waals surface area (Å²) < 4.78 is 0. The zero-order valence-corrected chi connectivity index (χ0v) is 5.65. The molecule has 0 aromatic rings. The van der Waals surface area contributed by atoms with Gasteiger partial charge >= 0.3 is 0 Å². The summed E-state index contributed by atoms with van der Waals surface area (Å²) in [5, 5.41) is 7.00. The van der Waals surface area contributed by atoms with Gasteiger partial charge in [0.2, 0.25) is 0 Å². The van der Waals surface area contributed by atoms with Crippen LogP contribution in [-0.4, -0.2) is 5.71 Å². The van der Waals surface area contributed by atoms with Gasteiger partial charge in [-0.05, 0) is 18.6 Å². The van der Waals surface area contributed by atoms with Gasteiger partial charge < -0.3 is 5.41 Å². The van der Waals surface area contributed by atoms with Crippen molar-refractivity contribution in [2.75, 3.05) is 0 Å². The van der Waals surface area contributed by atoms with E-state index in [-0.39, 0.29) is 0 Å². The molecule has 0 fully saturated rings. The van der Waals surface area contributed by atoms with Gasteiger partial charge in [-0.1, -0.05) is 25.3 Å². The lowest BCUT2D eigenvalue weighted by Gasteiger charge is -1.84. The highest BCUT2D eigenvalue weighted by Crippen LogP contribution is 1.92. The zero-order chi connectivity index (χ0) is 7.28. The standard InChI is InChI=1S/C8H11N/c1-4-7(2)5-6-8(3)9/h4-6,9H,1-2H2,3H3/b6-5-,9-8?. The molecular formula is C8H11N. The molecule has 1 nitrogen and oxygen atoms in total. The first-order chi connectivity index (χ1) is 4.16. The van der Waals surface area contributed by atoms with E-state index in [0.717, 1.165) is 5.57 Å². The first kappa shape index (κ1) is 7.89. The van der Waals surface area contributed by atoms with Gasteiger partial charge in [-0.15, -0.1) is 0 Å². The minimum absolute atomic E-state index is 0.526. The van der Waals surface area contributed by atoms with E-state index in [2.05, 4.69) is 13.2 Å². The Kier molecular flexibility index (Phi) is 3.37. The number of nitrogens with one attached hydrogen (secondary N) is 1. The molecule has 0 aromatic heterocycles. The first-order valence-electron chi connectivity index (χ1n) is 2.71. The quantitative estimate of drug-likeness (QED) is 0.437. The second kappa shape index (κ2) is 3.84. The van der Waals surface area contributed by atoms with Crippen molar-refractivity contribution >= 4 is 5.71 Å². The maximum atomic E-state index is 7.00. The molecule has 0 saturated heterocycles. The summed E-state index contributed by atoms with van der Waals surface area (Å²) in [5.41, 5.74) is 1.36. The smallest absolute Gasteiger partial charge is 0.0283 e.